The van der Waals surface area contributed by atoms with Crippen molar-refractivity contribution in [2.45, 2.75) is 13.5 Å². The number of hydrogen-bond acceptors (Lipinski definition) is 2. The molecular formula is C15H12F2O3. The minimum atomic E-state index is -1.20. The number of halogens is 2. The predicted molar refractivity (Wildman–Crippen MR) is 68.8 cm³/mol. The van der Waals surface area contributed by atoms with Crippen molar-refractivity contribution in [3.63, 3.8) is 0 Å². The Labute approximate surface area is 114 Å². The van der Waals surface area contributed by atoms with Crippen LogP contribution in [0.25, 0.3) is 0 Å². The van der Waals surface area contributed by atoms with Crippen LogP contribution in [-0.2, 0) is 6.61 Å². The van der Waals surface area contributed by atoms with Gasteiger partial charge in [-0.25, -0.2) is 13.6 Å². The Morgan fingerprint density at radius 2 is 1.90 bits per heavy atom. The van der Waals surface area contributed by atoms with Crippen LogP contribution in [0.2, 0.25) is 0 Å². The first kappa shape index (κ1) is 14.0. The highest BCUT2D eigenvalue weighted by molar-refractivity contribution is 5.87. The van der Waals surface area contributed by atoms with E-state index in [-0.39, 0.29) is 18.0 Å². The van der Waals surface area contributed by atoms with E-state index in [0.717, 1.165) is 6.07 Å². The van der Waals surface area contributed by atoms with Gasteiger partial charge in [0.2, 0.25) is 0 Å². The van der Waals surface area contributed by atoms with Crippen LogP contribution in [-0.4, -0.2) is 11.1 Å². The van der Waals surface area contributed by atoms with Gasteiger partial charge in [0, 0.05) is 0 Å². The summed E-state index contributed by atoms with van der Waals surface area (Å²) in [6, 6.07) is 7.53. The average molecular weight is 278 g/mol. The third-order valence-electron chi connectivity index (χ3n) is 2.74. The number of carboxylic acids is 1. The second kappa shape index (κ2) is 5.69. The minimum absolute atomic E-state index is 0.00448. The van der Waals surface area contributed by atoms with Crippen LogP contribution < -0.4 is 4.74 Å². The lowest BCUT2D eigenvalue weighted by Gasteiger charge is -2.10. The fourth-order valence-corrected chi connectivity index (χ4v) is 1.79. The van der Waals surface area contributed by atoms with Gasteiger partial charge in [0.15, 0.2) is 0 Å². The maximum absolute atomic E-state index is 13.3. The molecule has 0 aliphatic rings. The molecule has 20 heavy (non-hydrogen) atoms. The molecule has 0 atom stereocenters. The summed E-state index contributed by atoms with van der Waals surface area (Å²) in [7, 11) is 0. The molecule has 3 nitrogen and oxygen atoms in total. The maximum Gasteiger partial charge on any atom is 0.335 e. The second-order valence-corrected chi connectivity index (χ2v) is 4.35. The zero-order valence-corrected chi connectivity index (χ0v) is 10.7. The summed E-state index contributed by atoms with van der Waals surface area (Å²) in [5.74, 6) is -1.75. The van der Waals surface area contributed by atoms with Crippen molar-refractivity contribution in [1.29, 1.82) is 0 Å². The number of ether oxygens (including phenoxy) is 1. The van der Waals surface area contributed by atoms with Gasteiger partial charge in [-0.05, 0) is 54.4 Å². The number of aromatic carboxylic acids is 1. The number of hydrogen-bond donors (Lipinski definition) is 1. The third-order valence-corrected chi connectivity index (χ3v) is 2.74. The van der Waals surface area contributed by atoms with Gasteiger partial charge in [-0.1, -0.05) is 0 Å². The maximum atomic E-state index is 13.3. The Hall–Kier alpha value is -2.43. The van der Waals surface area contributed by atoms with Gasteiger partial charge in [0.1, 0.15) is 24.0 Å². The largest absolute Gasteiger partial charge is 0.489 e. The Bertz CT molecular complexity index is 654. The number of benzene rings is 2. The average Bonchev–Trinajstić information content (AvgIpc) is 2.37. The first-order valence-electron chi connectivity index (χ1n) is 5.87. The first-order valence-corrected chi connectivity index (χ1v) is 5.87. The Kier molecular flexibility index (Phi) is 3.98. The molecule has 0 radical (unpaired) electrons. The van der Waals surface area contributed by atoms with Gasteiger partial charge in [-0.15, -0.1) is 0 Å². The van der Waals surface area contributed by atoms with Gasteiger partial charge in [-0.2, -0.15) is 0 Å². The highest BCUT2D eigenvalue weighted by atomic mass is 19.1. The lowest BCUT2D eigenvalue weighted by molar-refractivity contribution is 0.0696. The summed E-state index contributed by atoms with van der Waals surface area (Å²) in [4.78, 5) is 10.8. The summed E-state index contributed by atoms with van der Waals surface area (Å²) in [5, 5.41) is 8.84. The van der Waals surface area contributed by atoms with Crippen LogP contribution in [0.5, 0.6) is 5.75 Å². The highest BCUT2D eigenvalue weighted by Gasteiger charge is 2.08. The number of carboxylic acid groups (broad SMARTS) is 1. The van der Waals surface area contributed by atoms with Crippen LogP contribution in [0.15, 0.2) is 36.4 Å². The summed E-state index contributed by atoms with van der Waals surface area (Å²) in [5.41, 5.74) is 0.866. The molecule has 0 aromatic heterocycles. The summed E-state index contributed by atoms with van der Waals surface area (Å²) in [6.07, 6.45) is 0. The van der Waals surface area contributed by atoms with Crippen molar-refractivity contribution in [1.82, 2.24) is 0 Å². The molecule has 0 spiro atoms. The normalized spacial score (nSPS) is 10.3. The van der Waals surface area contributed by atoms with E-state index in [4.69, 9.17) is 9.84 Å². The number of rotatable bonds is 4. The van der Waals surface area contributed by atoms with Gasteiger partial charge in [-0.3, -0.25) is 0 Å². The van der Waals surface area contributed by atoms with Crippen LogP contribution in [0.3, 0.4) is 0 Å². The molecule has 2 aromatic carbocycles. The van der Waals surface area contributed by atoms with Crippen molar-refractivity contribution in [3.8, 4) is 5.75 Å². The molecule has 0 amide bonds. The Morgan fingerprint density at radius 1 is 1.15 bits per heavy atom. The zero-order chi connectivity index (χ0) is 14.7. The van der Waals surface area contributed by atoms with Crippen molar-refractivity contribution in [2.24, 2.45) is 0 Å². The molecular weight excluding hydrogens is 266 g/mol. The first-order chi connectivity index (χ1) is 9.45. The van der Waals surface area contributed by atoms with Crippen LogP contribution in [0.1, 0.15) is 21.5 Å². The molecule has 104 valence electrons. The quantitative estimate of drug-likeness (QED) is 0.930. The minimum Gasteiger partial charge on any atom is -0.489 e. The molecule has 2 rings (SSSR count). The van der Waals surface area contributed by atoms with E-state index in [0.29, 0.717) is 16.9 Å². The molecule has 5 heteroatoms. The van der Waals surface area contributed by atoms with E-state index in [9.17, 15) is 13.6 Å². The van der Waals surface area contributed by atoms with Gasteiger partial charge < -0.3 is 9.84 Å². The molecule has 0 unspecified atom stereocenters. The molecule has 0 aliphatic heterocycles. The number of carbonyl (C=O) groups is 1. The van der Waals surface area contributed by atoms with Crippen LogP contribution in [0, 0.1) is 18.6 Å². The van der Waals surface area contributed by atoms with E-state index in [2.05, 4.69) is 0 Å². The fraction of sp³-hybridized carbons (Fsp3) is 0.133. The monoisotopic (exact) mass is 278 g/mol. The smallest absolute Gasteiger partial charge is 0.335 e. The molecule has 2 aromatic rings. The molecule has 0 fully saturated rings. The molecule has 0 saturated carbocycles. The summed E-state index contributed by atoms with van der Waals surface area (Å²) >= 11 is 0. The van der Waals surface area contributed by atoms with Gasteiger partial charge in [0.05, 0.1) is 5.56 Å². The van der Waals surface area contributed by atoms with E-state index >= 15 is 0 Å². The lowest BCUT2D eigenvalue weighted by Crippen LogP contribution is -2.02. The van der Waals surface area contributed by atoms with E-state index in [1.165, 1.54) is 30.3 Å². The molecule has 0 aliphatic carbocycles. The zero-order valence-electron chi connectivity index (χ0n) is 10.7. The Balaban J connectivity index is 2.16. The van der Waals surface area contributed by atoms with E-state index in [1.54, 1.807) is 6.92 Å². The predicted octanol–water partition coefficient (Wildman–Crippen LogP) is 3.55. The summed E-state index contributed by atoms with van der Waals surface area (Å²) in [6.45, 7) is 1.69. The Morgan fingerprint density at radius 3 is 2.55 bits per heavy atom. The van der Waals surface area contributed by atoms with E-state index < -0.39 is 11.8 Å². The molecule has 1 N–H and O–H groups in total. The van der Waals surface area contributed by atoms with Crippen LogP contribution in [0.4, 0.5) is 8.78 Å². The third kappa shape index (κ3) is 3.32. The topological polar surface area (TPSA) is 46.5 Å². The van der Waals surface area contributed by atoms with E-state index in [1.807, 2.05) is 0 Å². The molecule has 0 saturated heterocycles. The van der Waals surface area contributed by atoms with Crippen molar-refractivity contribution in [2.75, 3.05) is 0 Å². The van der Waals surface area contributed by atoms with Crippen LogP contribution >= 0.6 is 0 Å². The van der Waals surface area contributed by atoms with Gasteiger partial charge >= 0.3 is 5.97 Å². The lowest BCUT2D eigenvalue weighted by atomic mass is 10.1. The SMILES string of the molecule is Cc1cc(F)ccc1OCc1cc(F)cc(C(=O)O)c1. The second-order valence-electron chi connectivity index (χ2n) is 4.35. The van der Waals surface area contributed by atoms with Crippen molar-refractivity contribution >= 4 is 5.97 Å². The number of aryl methyl sites for hydroxylation is 1. The molecule has 0 heterocycles. The van der Waals surface area contributed by atoms with Crippen molar-refractivity contribution in [3.05, 3.63) is 64.7 Å². The highest BCUT2D eigenvalue weighted by Crippen LogP contribution is 2.20. The molecule has 0 bridgehead atoms. The summed E-state index contributed by atoms with van der Waals surface area (Å²) < 4.78 is 31.7. The standard InChI is InChI=1S/C15H12F2O3/c1-9-4-12(16)2-3-14(9)20-8-10-5-11(15(18)19)7-13(17)6-10/h2-7H,8H2,1H3,(H,18,19). The fourth-order valence-electron chi connectivity index (χ4n) is 1.79. The van der Waals surface area contributed by atoms with Crippen molar-refractivity contribution < 1.29 is 23.4 Å². The van der Waals surface area contributed by atoms with Gasteiger partial charge in [0.25, 0.3) is 0 Å².